The number of nitrogens with zero attached hydrogens (tertiary/aromatic N) is 1. The summed E-state index contributed by atoms with van der Waals surface area (Å²) in [5.74, 6) is 0.212. The topological polar surface area (TPSA) is 100 Å². The number of hydrogen-bond acceptors (Lipinski definition) is 5. The zero-order valence-corrected chi connectivity index (χ0v) is 10.4. The van der Waals surface area contributed by atoms with Crippen LogP contribution in [0.25, 0.3) is 0 Å². The van der Waals surface area contributed by atoms with E-state index in [1.807, 2.05) is 6.92 Å². The summed E-state index contributed by atoms with van der Waals surface area (Å²) in [6, 6.07) is 0.108. The first-order chi connectivity index (χ1) is 8.15. The molecule has 1 heterocycles. The Kier molecular flexibility index (Phi) is 5.67. The number of aliphatic hydroxyl groups is 1. The summed E-state index contributed by atoms with van der Waals surface area (Å²) in [5, 5.41) is 24.5. The average Bonchev–Trinajstić information content (AvgIpc) is 2.38. The van der Waals surface area contributed by atoms with Crippen LogP contribution in [0, 0.1) is 0 Å². The molecular formula is C11H23N3O3. The molecule has 0 radical (unpaired) electrons. The Bertz CT molecular complexity index is 252. The number of nitrogens with one attached hydrogen (secondary N) is 1. The van der Waals surface area contributed by atoms with Gasteiger partial charge in [-0.2, -0.15) is 0 Å². The van der Waals surface area contributed by atoms with Gasteiger partial charge < -0.3 is 26.1 Å². The largest absolute Gasteiger partial charge is 0.409 e. The van der Waals surface area contributed by atoms with Gasteiger partial charge in [0.05, 0.1) is 6.61 Å². The number of hydrogen-bond donors (Lipinski definition) is 4. The molecule has 1 atom stereocenters. The van der Waals surface area contributed by atoms with Gasteiger partial charge in [0.25, 0.3) is 0 Å². The van der Waals surface area contributed by atoms with Gasteiger partial charge in [-0.3, -0.25) is 0 Å². The van der Waals surface area contributed by atoms with Crippen LogP contribution >= 0.6 is 0 Å². The van der Waals surface area contributed by atoms with Crippen LogP contribution in [0.2, 0.25) is 0 Å². The van der Waals surface area contributed by atoms with Crippen molar-refractivity contribution < 1.29 is 15.1 Å². The van der Waals surface area contributed by atoms with Gasteiger partial charge in [-0.15, -0.1) is 0 Å². The molecule has 0 aliphatic carbocycles. The highest BCUT2D eigenvalue weighted by Gasteiger charge is 2.33. The molecule has 0 aromatic carbocycles. The zero-order chi connectivity index (χ0) is 12.7. The lowest BCUT2D eigenvalue weighted by molar-refractivity contribution is 0.00667. The molecule has 5 N–H and O–H groups in total. The fourth-order valence-corrected chi connectivity index (χ4v) is 2.13. The number of nitrogens with two attached hydrogens (primary N) is 1. The van der Waals surface area contributed by atoms with Crippen LogP contribution in [-0.2, 0) is 4.74 Å². The standard InChI is InChI=1S/C11H23N3O3/c1-2-9(7-10(12)14-16)13-11(8-15)3-5-17-6-4-11/h9,13,15-16H,2-8H2,1H3,(H2,12,14). The van der Waals surface area contributed by atoms with Crippen molar-refractivity contribution in [3.05, 3.63) is 0 Å². The van der Waals surface area contributed by atoms with Gasteiger partial charge in [0.1, 0.15) is 5.84 Å². The maximum absolute atomic E-state index is 9.55. The Morgan fingerprint density at radius 3 is 2.65 bits per heavy atom. The summed E-state index contributed by atoms with van der Waals surface area (Å²) in [7, 11) is 0. The van der Waals surface area contributed by atoms with Crippen molar-refractivity contribution >= 4 is 5.84 Å². The molecular weight excluding hydrogens is 222 g/mol. The minimum Gasteiger partial charge on any atom is -0.409 e. The summed E-state index contributed by atoms with van der Waals surface area (Å²) >= 11 is 0. The molecule has 1 unspecified atom stereocenters. The second-order valence-electron chi connectivity index (χ2n) is 4.60. The van der Waals surface area contributed by atoms with Crippen LogP contribution in [0.1, 0.15) is 32.6 Å². The maximum Gasteiger partial charge on any atom is 0.140 e. The Labute approximate surface area is 102 Å². The molecule has 0 spiro atoms. The monoisotopic (exact) mass is 245 g/mol. The van der Waals surface area contributed by atoms with Crippen molar-refractivity contribution in [2.75, 3.05) is 19.8 Å². The molecule has 1 aliphatic heterocycles. The molecule has 1 saturated heterocycles. The highest BCUT2D eigenvalue weighted by Crippen LogP contribution is 2.21. The van der Waals surface area contributed by atoms with Gasteiger partial charge in [0, 0.05) is 31.2 Å². The molecule has 1 fully saturated rings. The third-order valence-corrected chi connectivity index (χ3v) is 3.34. The molecule has 0 aromatic heterocycles. The Morgan fingerprint density at radius 2 is 2.18 bits per heavy atom. The molecule has 6 heteroatoms. The van der Waals surface area contributed by atoms with Crippen LogP contribution in [0.5, 0.6) is 0 Å². The van der Waals surface area contributed by atoms with Crippen LogP contribution in [-0.4, -0.2) is 47.6 Å². The normalized spacial score (nSPS) is 22.4. The average molecular weight is 245 g/mol. The van der Waals surface area contributed by atoms with Crippen LogP contribution in [0.3, 0.4) is 0 Å². The summed E-state index contributed by atoms with van der Waals surface area (Å²) < 4.78 is 5.30. The van der Waals surface area contributed by atoms with Crippen molar-refractivity contribution in [2.24, 2.45) is 10.9 Å². The predicted octanol–water partition coefficient (Wildman–Crippen LogP) is 0.0326. The van der Waals surface area contributed by atoms with Crippen molar-refractivity contribution in [3.63, 3.8) is 0 Å². The van der Waals surface area contributed by atoms with Crippen LogP contribution in [0.4, 0.5) is 0 Å². The highest BCUT2D eigenvalue weighted by atomic mass is 16.5. The van der Waals surface area contributed by atoms with E-state index in [0.29, 0.717) is 19.6 Å². The third-order valence-electron chi connectivity index (χ3n) is 3.34. The van der Waals surface area contributed by atoms with Gasteiger partial charge >= 0.3 is 0 Å². The Morgan fingerprint density at radius 1 is 1.53 bits per heavy atom. The van der Waals surface area contributed by atoms with Gasteiger partial charge in [0.15, 0.2) is 0 Å². The number of ether oxygens (including phenoxy) is 1. The summed E-state index contributed by atoms with van der Waals surface area (Å²) in [6.45, 7) is 3.44. The van der Waals surface area contributed by atoms with E-state index in [2.05, 4.69) is 10.5 Å². The smallest absolute Gasteiger partial charge is 0.140 e. The Hall–Kier alpha value is -0.850. The predicted molar refractivity (Wildman–Crippen MR) is 65.1 cm³/mol. The lowest BCUT2D eigenvalue weighted by Crippen LogP contribution is -2.56. The molecule has 1 aliphatic rings. The number of oxime groups is 1. The van der Waals surface area contributed by atoms with E-state index >= 15 is 0 Å². The molecule has 0 saturated carbocycles. The molecule has 0 aromatic rings. The summed E-state index contributed by atoms with van der Waals surface area (Å²) in [6.07, 6.45) is 2.92. The fourth-order valence-electron chi connectivity index (χ4n) is 2.13. The first-order valence-electron chi connectivity index (χ1n) is 6.08. The van der Waals surface area contributed by atoms with Crippen LogP contribution in [0.15, 0.2) is 5.16 Å². The van der Waals surface area contributed by atoms with E-state index in [1.165, 1.54) is 0 Å². The SMILES string of the molecule is CCC(CC(N)=NO)NC1(CO)CCOCC1. The van der Waals surface area contributed by atoms with E-state index in [1.54, 1.807) is 0 Å². The third kappa shape index (κ3) is 4.14. The van der Waals surface area contributed by atoms with Crippen molar-refractivity contribution in [2.45, 2.75) is 44.2 Å². The van der Waals surface area contributed by atoms with E-state index in [9.17, 15) is 5.11 Å². The summed E-state index contributed by atoms with van der Waals surface area (Å²) in [5.41, 5.74) is 5.23. The van der Waals surface area contributed by atoms with Crippen LogP contribution < -0.4 is 11.1 Å². The minimum atomic E-state index is -0.283. The minimum absolute atomic E-state index is 0.0863. The lowest BCUT2D eigenvalue weighted by Gasteiger charge is -2.39. The van der Waals surface area contributed by atoms with E-state index in [4.69, 9.17) is 15.7 Å². The second-order valence-corrected chi connectivity index (χ2v) is 4.60. The number of aliphatic hydroxyl groups excluding tert-OH is 1. The van der Waals surface area contributed by atoms with Gasteiger partial charge in [-0.1, -0.05) is 12.1 Å². The Balaban J connectivity index is 2.57. The highest BCUT2D eigenvalue weighted by molar-refractivity contribution is 5.80. The van der Waals surface area contributed by atoms with Crippen molar-refractivity contribution in [3.8, 4) is 0 Å². The van der Waals surface area contributed by atoms with Crippen molar-refractivity contribution in [1.82, 2.24) is 5.32 Å². The number of amidine groups is 1. The quantitative estimate of drug-likeness (QED) is 0.229. The van der Waals surface area contributed by atoms with Gasteiger partial charge in [-0.05, 0) is 19.3 Å². The molecule has 0 amide bonds. The second kappa shape index (κ2) is 6.78. The van der Waals surface area contributed by atoms with E-state index in [-0.39, 0.29) is 24.0 Å². The molecule has 6 nitrogen and oxygen atoms in total. The molecule has 100 valence electrons. The first kappa shape index (κ1) is 14.2. The zero-order valence-electron chi connectivity index (χ0n) is 10.4. The number of rotatable bonds is 6. The van der Waals surface area contributed by atoms with E-state index in [0.717, 1.165) is 19.3 Å². The van der Waals surface area contributed by atoms with Gasteiger partial charge in [-0.25, -0.2) is 0 Å². The fraction of sp³-hybridized carbons (Fsp3) is 0.909. The first-order valence-corrected chi connectivity index (χ1v) is 6.08. The lowest BCUT2D eigenvalue weighted by atomic mass is 9.89. The van der Waals surface area contributed by atoms with E-state index < -0.39 is 0 Å². The molecule has 1 rings (SSSR count). The maximum atomic E-state index is 9.55. The molecule has 17 heavy (non-hydrogen) atoms. The molecule has 0 bridgehead atoms. The summed E-state index contributed by atoms with van der Waals surface area (Å²) in [4.78, 5) is 0. The van der Waals surface area contributed by atoms with Gasteiger partial charge in [0.2, 0.25) is 0 Å². The van der Waals surface area contributed by atoms with Crippen molar-refractivity contribution in [1.29, 1.82) is 0 Å².